The number of hydrogen-bond acceptors (Lipinski definition) is 4. The molecule has 1 saturated heterocycles. The van der Waals surface area contributed by atoms with Crippen molar-refractivity contribution in [3.05, 3.63) is 23.5 Å². The highest BCUT2D eigenvalue weighted by Crippen LogP contribution is 2.25. The van der Waals surface area contributed by atoms with Crippen LogP contribution in [-0.4, -0.2) is 50.5 Å². The van der Waals surface area contributed by atoms with Crippen molar-refractivity contribution in [1.82, 2.24) is 19.7 Å². The van der Waals surface area contributed by atoms with Gasteiger partial charge < -0.3 is 14.6 Å². The minimum atomic E-state index is -0.653. The molecule has 0 bridgehead atoms. The number of aliphatic hydroxyl groups is 1. The summed E-state index contributed by atoms with van der Waals surface area (Å²) in [5, 5.41) is 20.0. The third-order valence-electron chi connectivity index (χ3n) is 3.86. The van der Waals surface area contributed by atoms with Crippen LogP contribution in [-0.2, 0) is 6.54 Å². The SMILES string of the molecule is CN1CCC(O)(Cn2ccc3cc(Cl)nnc32)CC1.Cl. The van der Waals surface area contributed by atoms with Crippen LogP contribution < -0.4 is 0 Å². The molecule has 1 fully saturated rings. The zero-order valence-corrected chi connectivity index (χ0v) is 12.9. The highest BCUT2D eigenvalue weighted by atomic mass is 35.5. The van der Waals surface area contributed by atoms with Crippen molar-refractivity contribution in [2.45, 2.75) is 25.0 Å². The molecule has 3 heterocycles. The van der Waals surface area contributed by atoms with E-state index in [0.29, 0.717) is 11.7 Å². The quantitative estimate of drug-likeness (QED) is 0.920. The van der Waals surface area contributed by atoms with Crippen molar-refractivity contribution in [3.8, 4) is 0 Å². The predicted octanol–water partition coefficient (Wildman–Crippen LogP) is 1.96. The molecular weight excluding hydrogens is 299 g/mol. The van der Waals surface area contributed by atoms with Crippen LogP contribution in [0, 0.1) is 0 Å². The van der Waals surface area contributed by atoms with Gasteiger partial charge in [0.25, 0.3) is 0 Å². The van der Waals surface area contributed by atoms with E-state index in [1.807, 2.05) is 16.8 Å². The third kappa shape index (κ3) is 3.06. The van der Waals surface area contributed by atoms with E-state index in [4.69, 9.17) is 11.6 Å². The topological polar surface area (TPSA) is 54.2 Å². The number of nitrogens with zero attached hydrogens (tertiary/aromatic N) is 4. The fourth-order valence-corrected chi connectivity index (χ4v) is 2.75. The summed E-state index contributed by atoms with van der Waals surface area (Å²) in [6.07, 6.45) is 3.50. The second kappa shape index (κ2) is 5.85. The molecule has 3 rings (SSSR count). The summed E-state index contributed by atoms with van der Waals surface area (Å²) in [6, 6.07) is 3.74. The summed E-state index contributed by atoms with van der Waals surface area (Å²) in [5.41, 5.74) is 0.122. The Balaban J connectivity index is 0.00000147. The van der Waals surface area contributed by atoms with Gasteiger partial charge in [-0.25, -0.2) is 0 Å². The van der Waals surface area contributed by atoms with Crippen LogP contribution in [0.1, 0.15) is 12.8 Å². The molecule has 2 aromatic heterocycles. The molecule has 7 heteroatoms. The molecular formula is C13H18Cl2N4O. The molecule has 0 aliphatic carbocycles. The van der Waals surface area contributed by atoms with Gasteiger partial charge in [0.1, 0.15) is 0 Å². The number of hydrogen-bond donors (Lipinski definition) is 1. The number of aromatic nitrogens is 3. The van der Waals surface area contributed by atoms with E-state index in [1.54, 1.807) is 6.07 Å². The summed E-state index contributed by atoms with van der Waals surface area (Å²) in [7, 11) is 2.08. The van der Waals surface area contributed by atoms with Gasteiger partial charge in [-0.15, -0.1) is 22.6 Å². The maximum absolute atomic E-state index is 10.7. The van der Waals surface area contributed by atoms with Gasteiger partial charge in [0.15, 0.2) is 10.8 Å². The lowest BCUT2D eigenvalue weighted by molar-refractivity contribution is -0.0283. The molecule has 0 atom stereocenters. The summed E-state index contributed by atoms with van der Waals surface area (Å²) in [4.78, 5) is 2.24. The Bertz CT molecular complexity index is 593. The van der Waals surface area contributed by atoms with Crippen molar-refractivity contribution in [3.63, 3.8) is 0 Å². The summed E-state index contributed by atoms with van der Waals surface area (Å²) >= 11 is 5.83. The summed E-state index contributed by atoms with van der Waals surface area (Å²) in [5.74, 6) is 0. The second-order valence-electron chi connectivity index (χ2n) is 5.42. The summed E-state index contributed by atoms with van der Waals surface area (Å²) < 4.78 is 1.96. The van der Waals surface area contributed by atoms with E-state index in [1.165, 1.54) is 0 Å². The number of fused-ring (bicyclic) bond motifs is 1. The van der Waals surface area contributed by atoms with Gasteiger partial charge in [-0.3, -0.25) is 0 Å². The van der Waals surface area contributed by atoms with Crippen LogP contribution in [0.2, 0.25) is 5.15 Å². The zero-order valence-electron chi connectivity index (χ0n) is 11.3. The van der Waals surface area contributed by atoms with Gasteiger partial charge >= 0.3 is 0 Å². The molecule has 20 heavy (non-hydrogen) atoms. The molecule has 2 aromatic rings. The van der Waals surface area contributed by atoms with Crippen LogP contribution in [0.15, 0.2) is 18.3 Å². The lowest BCUT2D eigenvalue weighted by Crippen LogP contribution is -2.45. The first kappa shape index (κ1) is 15.5. The molecule has 0 spiro atoms. The molecule has 0 radical (unpaired) electrons. The molecule has 0 saturated carbocycles. The second-order valence-corrected chi connectivity index (χ2v) is 5.80. The monoisotopic (exact) mass is 316 g/mol. The van der Waals surface area contributed by atoms with Crippen LogP contribution in [0.4, 0.5) is 0 Å². The van der Waals surface area contributed by atoms with Crippen molar-refractivity contribution in [2.24, 2.45) is 0 Å². The Hall–Kier alpha value is -0.880. The Kier molecular flexibility index (Phi) is 4.54. The van der Waals surface area contributed by atoms with Gasteiger partial charge in [-0.05, 0) is 32.0 Å². The number of halogens is 2. The number of likely N-dealkylation sites (tertiary alicyclic amines) is 1. The summed E-state index contributed by atoms with van der Waals surface area (Å²) in [6.45, 7) is 2.40. The molecule has 5 nitrogen and oxygen atoms in total. The van der Waals surface area contributed by atoms with E-state index in [0.717, 1.165) is 37.0 Å². The maximum Gasteiger partial charge on any atom is 0.162 e. The predicted molar refractivity (Wildman–Crippen MR) is 81.5 cm³/mol. The minimum Gasteiger partial charge on any atom is -0.388 e. The fraction of sp³-hybridized carbons (Fsp3) is 0.538. The Morgan fingerprint density at radius 3 is 2.75 bits per heavy atom. The van der Waals surface area contributed by atoms with Crippen molar-refractivity contribution in [1.29, 1.82) is 0 Å². The van der Waals surface area contributed by atoms with Crippen molar-refractivity contribution >= 4 is 35.0 Å². The minimum absolute atomic E-state index is 0. The first-order valence-electron chi connectivity index (χ1n) is 6.45. The smallest absolute Gasteiger partial charge is 0.162 e. The molecule has 110 valence electrons. The number of rotatable bonds is 2. The van der Waals surface area contributed by atoms with Crippen molar-refractivity contribution in [2.75, 3.05) is 20.1 Å². The van der Waals surface area contributed by atoms with Gasteiger partial charge in [-0.1, -0.05) is 11.6 Å². The van der Waals surface area contributed by atoms with E-state index in [9.17, 15) is 5.11 Å². The molecule has 1 aliphatic heterocycles. The molecule has 0 unspecified atom stereocenters. The zero-order chi connectivity index (χ0) is 13.5. The Morgan fingerprint density at radius 1 is 1.35 bits per heavy atom. The lowest BCUT2D eigenvalue weighted by Gasteiger charge is -2.36. The lowest BCUT2D eigenvalue weighted by atomic mass is 9.91. The first-order chi connectivity index (χ1) is 9.06. The van der Waals surface area contributed by atoms with Gasteiger partial charge in [0, 0.05) is 24.7 Å². The van der Waals surface area contributed by atoms with Gasteiger partial charge in [0.2, 0.25) is 0 Å². The molecule has 1 aliphatic rings. The van der Waals surface area contributed by atoms with Crippen molar-refractivity contribution < 1.29 is 5.11 Å². The number of piperidine rings is 1. The van der Waals surface area contributed by atoms with Crippen LogP contribution in [0.3, 0.4) is 0 Å². The molecule has 0 aromatic carbocycles. The Morgan fingerprint density at radius 2 is 2.05 bits per heavy atom. The van der Waals surface area contributed by atoms with Crippen LogP contribution in [0.25, 0.3) is 11.0 Å². The molecule has 1 N–H and O–H groups in total. The van der Waals surface area contributed by atoms with Gasteiger partial charge in [-0.2, -0.15) is 0 Å². The largest absolute Gasteiger partial charge is 0.388 e. The Labute approximate surface area is 128 Å². The first-order valence-corrected chi connectivity index (χ1v) is 6.83. The van der Waals surface area contributed by atoms with E-state index >= 15 is 0 Å². The van der Waals surface area contributed by atoms with E-state index < -0.39 is 5.60 Å². The average Bonchev–Trinajstić information content (AvgIpc) is 2.76. The fourth-order valence-electron chi connectivity index (χ4n) is 2.60. The highest BCUT2D eigenvalue weighted by Gasteiger charge is 2.31. The van der Waals surface area contributed by atoms with Crippen LogP contribution >= 0.6 is 24.0 Å². The molecule has 0 amide bonds. The van der Waals surface area contributed by atoms with E-state index in [-0.39, 0.29) is 12.4 Å². The van der Waals surface area contributed by atoms with Crippen LogP contribution in [0.5, 0.6) is 0 Å². The van der Waals surface area contributed by atoms with Gasteiger partial charge in [0.05, 0.1) is 12.1 Å². The normalized spacial score (nSPS) is 18.9. The average molecular weight is 317 g/mol. The standard InChI is InChI=1S/C13H17ClN4O.ClH/c1-17-6-3-13(19,4-7-17)9-18-5-2-10-8-11(14)15-16-12(10)18;/h2,5,8,19H,3-4,6-7,9H2,1H3;1H. The van der Waals surface area contributed by atoms with E-state index in [2.05, 4.69) is 22.1 Å². The highest BCUT2D eigenvalue weighted by molar-refractivity contribution is 6.29. The maximum atomic E-state index is 10.7. The third-order valence-corrected chi connectivity index (χ3v) is 4.05.